The molecule has 2 aromatic carbocycles. The number of carbonyl (C=O) groups excluding carboxylic acids is 1. The number of hydrogen-bond donors (Lipinski definition) is 2. The summed E-state index contributed by atoms with van der Waals surface area (Å²) in [6, 6.07) is 18.7. The first-order valence-corrected chi connectivity index (χ1v) is 9.84. The van der Waals surface area contributed by atoms with Crippen LogP contribution >= 0.6 is 11.3 Å². The van der Waals surface area contributed by atoms with Crippen molar-refractivity contribution >= 4 is 28.0 Å². The van der Waals surface area contributed by atoms with Crippen LogP contribution < -0.4 is 10.2 Å². The number of hydrogen-bond acceptors (Lipinski definition) is 2. The third-order valence-electron chi connectivity index (χ3n) is 5.10. The van der Waals surface area contributed by atoms with E-state index >= 15 is 0 Å². The molecule has 1 aliphatic heterocycles. The SMILES string of the molecule is O=C(NC[C@H](c1cccs1)[NH+]1CCCC1)c1ccc2ccccc2c1. The van der Waals surface area contributed by atoms with Crippen molar-refractivity contribution in [3.8, 4) is 0 Å². The van der Waals surface area contributed by atoms with E-state index < -0.39 is 0 Å². The largest absolute Gasteiger partial charge is 0.346 e. The first-order chi connectivity index (χ1) is 12.3. The van der Waals surface area contributed by atoms with Crippen molar-refractivity contribution in [3.05, 3.63) is 70.4 Å². The molecular formula is C21H23N2OS+. The van der Waals surface area contributed by atoms with Gasteiger partial charge >= 0.3 is 0 Å². The summed E-state index contributed by atoms with van der Waals surface area (Å²) in [4.78, 5) is 15.6. The van der Waals surface area contributed by atoms with Crippen LogP contribution in [0.25, 0.3) is 10.8 Å². The van der Waals surface area contributed by atoms with Gasteiger partial charge in [0.05, 0.1) is 24.5 Å². The Morgan fingerprint density at radius 2 is 1.84 bits per heavy atom. The minimum Gasteiger partial charge on any atom is -0.346 e. The molecule has 4 heteroatoms. The fourth-order valence-corrected chi connectivity index (χ4v) is 4.63. The minimum atomic E-state index is 0.0194. The molecule has 0 spiro atoms. The number of rotatable bonds is 5. The molecule has 1 atom stereocenters. The monoisotopic (exact) mass is 351 g/mol. The van der Waals surface area contributed by atoms with E-state index in [1.54, 1.807) is 16.2 Å². The Labute approximate surface area is 152 Å². The molecule has 1 amide bonds. The number of carbonyl (C=O) groups is 1. The molecule has 0 bridgehead atoms. The summed E-state index contributed by atoms with van der Waals surface area (Å²) in [7, 11) is 0. The number of thiophene rings is 1. The molecule has 1 aromatic heterocycles. The van der Waals surface area contributed by atoms with Gasteiger partial charge in [-0.1, -0.05) is 36.4 Å². The van der Waals surface area contributed by atoms with Crippen LogP contribution in [-0.4, -0.2) is 25.5 Å². The first kappa shape index (κ1) is 16.3. The molecule has 0 unspecified atom stereocenters. The maximum atomic E-state index is 12.7. The molecule has 0 radical (unpaired) electrons. The highest BCUT2D eigenvalue weighted by molar-refractivity contribution is 7.10. The van der Waals surface area contributed by atoms with Crippen LogP contribution in [0.15, 0.2) is 60.0 Å². The van der Waals surface area contributed by atoms with E-state index in [2.05, 4.69) is 35.0 Å². The summed E-state index contributed by atoms with van der Waals surface area (Å²) in [6.45, 7) is 3.10. The predicted molar refractivity (Wildman–Crippen MR) is 103 cm³/mol. The van der Waals surface area contributed by atoms with Gasteiger partial charge in [-0.15, -0.1) is 11.3 Å². The Kier molecular flexibility index (Phi) is 4.81. The highest BCUT2D eigenvalue weighted by Gasteiger charge is 2.28. The highest BCUT2D eigenvalue weighted by atomic mass is 32.1. The molecular weight excluding hydrogens is 328 g/mol. The predicted octanol–water partition coefficient (Wildman–Crippen LogP) is 3.05. The zero-order chi connectivity index (χ0) is 17.1. The van der Waals surface area contributed by atoms with Gasteiger partial charge < -0.3 is 10.2 Å². The zero-order valence-electron chi connectivity index (χ0n) is 14.2. The maximum Gasteiger partial charge on any atom is 0.251 e. The molecule has 128 valence electrons. The van der Waals surface area contributed by atoms with E-state index in [4.69, 9.17) is 0 Å². The van der Waals surface area contributed by atoms with E-state index in [1.807, 2.05) is 30.3 Å². The topological polar surface area (TPSA) is 33.5 Å². The lowest BCUT2D eigenvalue weighted by atomic mass is 10.1. The second-order valence-corrected chi connectivity index (χ2v) is 7.68. The fraction of sp³-hybridized carbons (Fsp3) is 0.286. The van der Waals surface area contributed by atoms with Gasteiger partial charge in [0.1, 0.15) is 6.04 Å². The molecule has 25 heavy (non-hydrogen) atoms. The third kappa shape index (κ3) is 3.60. The van der Waals surface area contributed by atoms with Crippen molar-refractivity contribution in [2.45, 2.75) is 18.9 Å². The molecule has 4 rings (SSSR count). The Balaban J connectivity index is 1.48. The van der Waals surface area contributed by atoms with E-state index in [1.165, 1.54) is 30.8 Å². The summed E-state index contributed by atoms with van der Waals surface area (Å²) in [5.41, 5.74) is 0.736. The Morgan fingerprint density at radius 3 is 2.60 bits per heavy atom. The lowest BCUT2D eigenvalue weighted by Crippen LogP contribution is -3.11. The second-order valence-electron chi connectivity index (χ2n) is 6.71. The number of amides is 1. The summed E-state index contributed by atoms with van der Waals surface area (Å²) in [5, 5.41) is 7.57. The van der Waals surface area contributed by atoms with Gasteiger partial charge in [0.25, 0.3) is 5.91 Å². The Hall–Kier alpha value is -2.17. The molecule has 3 aromatic rings. The van der Waals surface area contributed by atoms with Crippen molar-refractivity contribution in [2.24, 2.45) is 0 Å². The Morgan fingerprint density at radius 1 is 1.04 bits per heavy atom. The normalized spacial score (nSPS) is 16.2. The van der Waals surface area contributed by atoms with Crippen molar-refractivity contribution in [3.63, 3.8) is 0 Å². The minimum absolute atomic E-state index is 0.0194. The van der Waals surface area contributed by atoms with Crippen LogP contribution in [-0.2, 0) is 0 Å². The average molecular weight is 351 g/mol. The standard InChI is InChI=1S/C21H22N2OS/c24-21(18-10-9-16-6-1-2-7-17(16)14-18)22-15-19(20-8-5-13-25-20)23-11-3-4-12-23/h1-2,5-10,13-14,19H,3-4,11-12,15H2,(H,22,24)/p+1/t19-/m1/s1. The van der Waals surface area contributed by atoms with Crippen LogP contribution in [0.1, 0.15) is 34.1 Å². The van der Waals surface area contributed by atoms with Gasteiger partial charge in [0.2, 0.25) is 0 Å². The summed E-state index contributed by atoms with van der Waals surface area (Å²) in [6.07, 6.45) is 2.58. The molecule has 2 N–H and O–H groups in total. The molecule has 0 saturated carbocycles. The third-order valence-corrected chi connectivity index (χ3v) is 6.09. The number of quaternary nitrogens is 1. The molecule has 1 saturated heterocycles. The van der Waals surface area contributed by atoms with Crippen LogP contribution in [0.3, 0.4) is 0 Å². The van der Waals surface area contributed by atoms with Gasteiger partial charge in [-0.05, 0) is 34.4 Å². The van der Waals surface area contributed by atoms with E-state index in [9.17, 15) is 4.79 Å². The van der Waals surface area contributed by atoms with Crippen molar-refractivity contribution < 1.29 is 9.69 Å². The first-order valence-electron chi connectivity index (χ1n) is 8.96. The van der Waals surface area contributed by atoms with Gasteiger partial charge in [-0.2, -0.15) is 0 Å². The Bertz CT molecular complexity index is 853. The molecule has 1 fully saturated rings. The zero-order valence-corrected chi connectivity index (χ0v) is 15.0. The lowest BCUT2D eigenvalue weighted by molar-refractivity contribution is -0.918. The smallest absolute Gasteiger partial charge is 0.251 e. The number of likely N-dealkylation sites (tertiary alicyclic amines) is 1. The maximum absolute atomic E-state index is 12.7. The van der Waals surface area contributed by atoms with E-state index in [0.717, 1.165) is 16.3 Å². The molecule has 1 aliphatic rings. The molecule has 2 heterocycles. The van der Waals surface area contributed by atoms with Crippen LogP contribution in [0.2, 0.25) is 0 Å². The van der Waals surface area contributed by atoms with Gasteiger partial charge in [0, 0.05) is 18.4 Å². The van der Waals surface area contributed by atoms with Gasteiger partial charge in [0.15, 0.2) is 0 Å². The average Bonchev–Trinajstić information content (AvgIpc) is 3.36. The molecule has 3 nitrogen and oxygen atoms in total. The number of fused-ring (bicyclic) bond motifs is 1. The van der Waals surface area contributed by atoms with Crippen molar-refractivity contribution in [1.82, 2.24) is 5.32 Å². The number of nitrogens with one attached hydrogen (secondary N) is 2. The highest BCUT2D eigenvalue weighted by Crippen LogP contribution is 2.18. The summed E-state index contributed by atoms with van der Waals surface area (Å²) < 4.78 is 0. The fourth-order valence-electron chi connectivity index (χ4n) is 3.74. The summed E-state index contributed by atoms with van der Waals surface area (Å²) in [5.74, 6) is 0.0194. The quantitative estimate of drug-likeness (QED) is 0.728. The van der Waals surface area contributed by atoms with Gasteiger partial charge in [-0.25, -0.2) is 0 Å². The number of benzene rings is 2. The van der Waals surface area contributed by atoms with E-state index in [0.29, 0.717) is 12.6 Å². The van der Waals surface area contributed by atoms with Gasteiger partial charge in [-0.3, -0.25) is 4.79 Å². The lowest BCUT2D eigenvalue weighted by Gasteiger charge is -2.24. The van der Waals surface area contributed by atoms with Crippen LogP contribution in [0.5, 0.6) is 0 Å². The van der Waals surface area contributed by atoms with Crippen LogP contribution in [0.4, 0.5) is 0 Å². The van der Waals surface area contributed by atoms with Crippen LogP contribution in [0, 0.1) is 0 Å². The van der Waals surface area contributed by atoms with E-state index in [-0.39, 0.29) is 5.91 Å². The van der Waals surface area contributed by atoms with Crippen molar-refractivity contribution in [1.29, 1.82) is 0 Å². The molecule has 0 aliphatic carbocycles. The summed E-state index contributed by atoms with van der Waals surface area (Å²) >= 11 is 1.80. The second kappa shape index (κ2) is 7.38. The van der Waals surface area contributed by atoms with Crippen molar-refractivity contribution in [2.75, 3.05) is 19.6 Å².